The van der Waals surface area contributed by atoms with Gasteiger partial charge in [-0.3, -0.25) is 9.69 Å². The summed E-state index contributed by atoms with van der Waals surface area (Å²) in [5, 5.41) is 2.04. The number of nitrogens with two attached hydrogens (primary N) is 1. The van der Waals surface area contributed by atoms with Crippen LogP contribution in [-0.2, 0) is 16.1 Å². The van der Waals surface area contributed by atoms with Crippen LogP contribution in [-0.4, -0.2) is 36.6 Å². The molecule has 1 aliphatic heterocycles. The largest absolute Gasteiger partial charge is 0.465 e. The molecule has 2 rings (SSSR count). The van der Waals surface area contributed by atoms with Crippen LogP contribution in [0.1, 0.15) is 36.6 Å². The van der Waals surface area contributed by atoms with Gasteiger partial charge in [-0.1, -0.05) is 18.3 Å². The van der Waals surface area contributed by atoms with E-state index in [9.17, 15) is 4.79 Å². The summed E-state index contributed by atoms with van der Waals surface area (Å²) in [6, 6.07) is 1.99. The Balaban J connectivity index is 2.01. The maximum Gasteiger partial charge on any atom is 0.323 e. The summed E-state index contributed by atoms with van der Waals surface area (Å²) in [5.74, 6) is 5.82. The van der Waals surface area contributed by atoms with Gasteiger partial charge < -0.3 is 10.5 Å². The lowest BCUT2D eigenvalue weighted by molar-refractivity contribution is -0.151. The van der Waals surface area contributed by atoms with E-state index < -0.39 is 0 Å². The van der Waals surface area contributed by atoms with E-state index in [1.165, 1.54) is 4.88 Å². The maximum atomic E-state index is 12.0. The minimum absolute atomic E-state index is 0.0862. The monoisotopic (exact) mass is 306 g/mol. The average molecular weight is 306 g/mol. The SMILES string of the molecule is CCOC(=O)C1CCCCN1Cc1cc(C#CCN)cs1. The predicted molar refractivity (Wildman–Crippen MR) is 84.9 cm³/mol. The molecule has 5 heteroatoms. The fourth-order valence-corrected chi connectivity index (χ4v) is 3.41. The molecule has 1 aliphatic rings. The number of carbonyl (C=O) groups excluding carboxylic acids is 1. The standard InChI is InChI=1S/C16H22N2O2S/c1-2-20-16(19)15-7-3-4-9-18(15)11-14-10-13(12-21-14)6-5-8-17/h10,12,15H,2-4,7-9,11,17H2,1H3. The fraction of sp³-hybridized carbons (Fsp3) is 0.562. The quantitative estimate of drug-likeness (QED) is 0.682. The number of nitrogens with zero attached hydrogens (tertiary/aromatic N) is 1. The summed E-state index contributed by atoms with van der Waals surface area (Å²) >= 11 is 1.68. The zero-order chi connectivity index (χ0) is 15.1. The Hall–Kier alpha value is -1.35. The van der Waals surface area contributed by atoms with E-state index in [2.05, 4.69) is 22.8 Å². The molecule has 1 unspecified atom stereocenters. The van der Waals surface area contributed by atoms with Crippen LogP contribution in [0.4, 0.5) is 0 Å². The van der Waals surface area contributed by atoms with Crippen LogP contribution in [0.3, 0.4) is 0 Å². The first-order valence-corrected chi connectivity index (χ1v) is 8.29. The van der Waals surface area contributed by atoms with Crippen LogP contribution in [0.2, 0.25) is 0 Å². The number of carbonyl (C=O) groups is 1. The normalized spacial score (nSPS) is 18.9. The summed E-state index contributed by atoms with van der Waals surface area (Å²) in [4.78, 5) is 15.5. The molecule has 0 amide bonds. The highest BCUT2D eigenvalue weighted by Crippen LogP contribution is 2.23. The molecule has 2 N–H and O–H groups in total. The Kier molecular flexibility index (Phi) is 6.24. The highest BCUT2D eigenvalue weighted by atomic mass is 32.1. The van der Waals surface area contributed by atoms with Gasteiger partial charge in [-0.25, -0.2) is 0 Å². The molecule has 0 bridgehead atoms. The predicted octanol–water partition coefficient (Wildman–Crippen LogP) is 1.98. The number of rotatable bonds is 4. The molecule has 0 radical (unpaired) electrons. The highest BCUT2D eigenvalue weighted by Gasteiger charge is 2.29. The third-order valence-electron chi connectivity index (χ3n) is 3.52. The smallest absolute Gasteiger partial charge is 0.323 e. The molecular weight excluding hydrogens is 284 g/mol. The Bertz CT molecular complexity index is 530. The van der Waals surface area contributed by atoms with Crippen molar-refractivity contribution in [2.75, 3.05) is 19.7 Å². The lowest BCUT2D eigenvalue weighted by Crippen LogP contribution is -2.44. The maximum absolute atomic E-state index is 12.0. The minimum Gasteiger partial charge on any atom is -0.465 e. The first-order valence-electron chi connectivity index (χ1n) is 7.41. The second kappa shape index (κ2) is 8.18. The number of hydrogen-bond acceptors (Lipinski definition) is 5. The fourth-order valence-electron chi connectivity index (χ4n) is 2.57. The van der Waals surface area contributed by atoms with Crippen LogP contribution in [0, 0.1) is 11.8 Å². The van der Waals surface area contributed by atoms with Crippen molar-refractivity contribution in [3.05, 3.63) is 21.9 Å². The molecule has 4 nitrogen and oxygen atoms in total. The zero-order valence-electron chi connectivity index (χ0n) is 12.4. The van der Waals surface area contributed by atoms with E-state index in [4.69, 9.17) is 10.5 Å². The summed E-state index contributed by atoms with van der Waals surface area (Å²) in [6.07, 6.45) is 3.13. The number of hydrogen-bond donors (Lipinski definition) is 1. The van der Waals surface area contributed by atoms with Gasteiger partial charge in [-0.2, -0.15) is 0 Å². The molecule has 1 aromatic heterocycles. The lowest BCUT2D eigenvalue weighted by Gasteiger charge is -2.33. The van der Waals surface area contributed by atoms with Crippen molar-refractivity contribution in [3.8, 4) is 11.8 Å². The van der Waals surface area contributed by atoms with E-state index in [-0.39, 0.29) is 12.0 Å². The van der Waals surface area contributed by atoms with Crippen molar-refractivity contribution in [1.29, 1.82) is 0 Å². The van der Waals surface area contributed by atoms with Gasteiger partial charge in [0, 0.05) is 22.4 Å². The van der Waals surface area contributed by atoms with E-state index >= 15 is 0 Å². The van der Waals surface area contributed by atoms with Crippen molar-refractivity contribution in [1.82, 2.24) is 4.90 Å². The Morgan fingerprint density at radius 3 is 3.19 bits per heavy atom. The Morgan fingerprint density at radius 1 is 1.57 bits per heavy atom. The van der Waals surface area contributed by atoms with Crippen LogP contribution in [0.25, 0.3) is 0 Å². The number of piperidine rings is 1. The summed E-state index contributed by atoms with van der Waals surface area (Å²) in [5.41, 5.74) is 6.39. The second-order valence-corrected chi connectivity index (χ2v) is 6.04. The van der Waals surface area contributed by atoms with Gasteiger partial charge in [-0.05, 0) is 32.4 Å². The minimum atomic E-state index is -0.0978. The second-order valence-electron chi connectivity index (χ2n) is 5.04. The molecule has 2 heterocycles. The van der Waals surface area contributed by atoms with Crippen molar-refractivity contribution >= 4 is 17.3 Å². The average Bonchev–Trinajstić information content (AvgIpc) is 2.93. The van der Waals surface area contributed by atoms with Gasteiger partial charge in [0.1, 0.15) is 6.04 Å². The van der Waals surface area contributed by atoms with Crippen molar-refractivity contribution in [2.45, 2.75) is 38.8 Å². The number of thiophene rings is 1. The first kappa shape index (κ1) is 16.0. The molecule has 0 aliphatic carbocycles. The van der Waals surface area contributed by atoms with Gasteiger partial charge in [0.05, 0.1) is 13.2 Å². The molecule has 0 spiro atoms. The van der Waals surface area contributed by atoms with Gasteiger partial charge in [0.15, 0.2) is 0 Å². The van der Waals surface area contributed by atoms with E-state index in [1.807, 2.05) is 12.3 Å². The van der Waals surface area contributed by atoms with Crippen molar-refractivity contribution < 1.29 is 9.53 Å². The summed E-state index contributed by atoms with van der Waals surface area (Å²) in [7, 11) is 0. The number of esters is 1. The lowest BCUT2D eigenvalue weighted by atomic mass is 10.0. The molecule has 1 aromatic rings. The molecular formula is C16H22N2O2S. The third kappa shape index (κ3) is 4.57. The van der Waals surface area contributed by atoms with Gasteiger partial charge in [0.25, 0.3) is 0 Å². The van der Waals surface area contributed by atoms with E-state index in [1.54, 1.807) is 11.3 Å². The highest BCUT2D eigenvalue weighted by molar-refractivity contribution is 7.10. The van der Waals surface area contributed by atoms with Gasteiger partial charge in [0.2, 0.25) is 0 Å². The Morgan fingerprint density at radius 2 is 2.43 bits per heavy atom. The van der Waals surface area contributed by atoms with Crippen molar-refractivity contribution in [2.24, 2.45) is 5.73 Å². The molecule has 1 atom stereocenters. The first-order chi connectivity index (χ1) is 10.2. The van der Waals surface area contributed by atoms with Crippen molar-refractivity contribution in [3.63, 3.8) is 0 Å². The van der Waals surface area contributed by atoms with Gasteiger partial charge in [-0.15, -0.1) is 11.3 Å². The van der Waals surface area contributed by atoms with E-state index in [0.717, 1.165) is 37.9 Å². The molecule has 0 saturated carbocycles. The number of ether oxygens (including phenoxy) is 1. The van der Waals surface area contributed by atoms with Crippen LogP contribution in [0.5, 0.6) is 0 Å². The molecule has 114 valence electrons. The molecule has 0 aromatic carbocycles. The summed E-state index contributed by atoms with van der Waals surface area (Å²) in [6.45, 7) is 4.42. The topological polar surface area (TPSA) is 55.6 Å². The molecule has 1 saturated heterocycles. The van der Waals surface area contributed by atoms with E-state index in [0.29, 0.717) is 13.2 Å². The van der Waals surface area contributed by atoms with Crippen LogP contribution >= 0.6 is 11.3 Å². The summed E-state index contributed by atoms with van der Waals surface area (Å²) < 4.78 is 5.19. The number of likely N-dealkylation sites (tertiary alicyclic amines) is 1. The zero-order valence-corrected chi connectivity index (χ0v) is 13.2. The van der Waals surface area contributed by atoms with Crippen LogP contribution < -0.4 is 5.73 Å². The third-order valence-corrected chi connectivity index (χ3v) is 4.44. The van der Waals surface area contributed by atoms with Crippen LogP contribution in [0.15, 0.2) is 11.4 Å². The molecule has 21 heavy (non-hydrogen) atoms. The Labute approximate surface area is 130 Å². The van der Waals surface area contributed by atoms with Gasteiger partial charge >= 0.3 is 5.97 Å². The molecule has 1 fully saturated rings.